The molecule has 0 aliphatic carbocycles. The Labute approximate surface area is 153 Å². The van der Waals surface area contributed by atoms with E-state index in [1.54, 1.807) is 41.5 Å². The Hall–Kier alpha value is -2.77. The minimum absolute atomic E-state index is 0.174. The highest BCUT2D eigenvalue weighted by molar-refractivity contribution is 5.99. The number of carbonyl (C=O) groups is 3. The standard InChI is InChI=1S/C18H26N2O6/c1-17(2,3)25-15(22)19-12-9-8-11(14(21)24-7)10-13(12)20-16(23)26-18(4,5)6/h8-10H,1-7H3,(H,19,22)(H,20,23). The van der Waals surface area contributed by atoms with E-state index < -0.39 is 29.4 Å². The molecule has 8 nitrogen and oxygen atoms in total. The van der Waals surface area contributed by atoms with Crippen LogP contribution in [0.4, 0.5) is 21.0 Å². The van der Waals surface area contributed by atoms with Crippen molar-refractivity contribution in [2.45, 2.75) is 52.7 Å². The Kier molecular flexibility index (Phi) is 6.60. The third-order valence-corrected chi connectivity index (χ3v) is 2.71. The molecule has 2 amide bonds. The number of anilines is 2. The molecule has 0 fully saturated rings. The highest BCUT2D eigenvalue weighted by Gasteiger charge is 2.21. The summed E-state index contributed by atoms with van der Waals surface area (Å²) in [6.07, 6.45) is -1.43. The van der Waals surface area contributed by atoms with Gasteiger partial charge < -0.3 is 14.2 Å². The number of nitrogens with one attached hydrogen (secondary N) is 2. The van der Waals surface area contributed by atoms with E-state index in [0.717, 1.165) is 0 Å². The van der Waals surface area contributed by atoms with Crippen molar-refractivity contribution >= 4 is 29.5 Å². The van der Waals surface area contributed by atoms with Crippen LogP contribution < -0.4 is 10.6 Å². The van der Waals surface area contributed by atoms with Gasteiger partial charge >= 0.3 is 18.2 Å². The van der Waals surface area contributed by atoms with E-state index in [4.69, 9.17) is 9.47 Å². The highest BCUT2D eigenvalue weighted by Crippen LogP contribution is 2.25. The molecule has 0 saturated heterocycles. The largest absolute Gasteiger partial charge is 0.465 e. The van der Waals surface area contributed by atoms with E-state index in [0.29, 0.717) is 0 Å². The second-order valence-corrected chi connectivity index (χ2v) is 7.51. The minimum atomic E-state index is -0.730. The summed E-state index contributed by atoms with van der Waals surface area (Å²) in [6.45, 7) is 10.3. The van der Waals surface area contributed by atoms with Crippen LogP contribution in [0.2, 0.25) is 0 Å². The number of rotatable bonds is 3. The molecule has 0 aliphatic heterocycles. The quantitative estimate of drug-likeness (QED) is 0.615. The van der Waals surface area contributed by atoms with E-state index in [2.05, 4.69) is 15.4 Å². The van der Waals surface area contributed by atoms with E-state index in [-0.39, 0.29) is 16.9 Å². The van der Waals surface area contributed by atoms with Crippen molar-refractivity contribution in [1.29, 1.82) is 0 Å². The van der Waals surface area contributed by atoms with Crippen molar-refractivity contribution in [1.82, 2.24) is 0 Å². The van der Waals surface area contributed by atoms with Gasteiger partial charge in [-0.2, -0.15) is 0 Å². The van der Waals surface area contributed by atoms with Gasteiger partial charge in [-0.15, -0.1) is 0 Å². The van der Waals surface area contributed by atoms with Gasteiger partial charge in [0.1, 0.15) is 11.2 Å². The van der Waals surface area contributed by atoms with Crippen LogP contribution in [0, 0.1) is 0 Å². The molecule has 144 valence electrons. The van der Waals surface area contributed by atoms with Crippen LogP contribution in [0.25, 0.3) is 0 Å². The number of hydrogen-bond acceptors (Lipinski definition) is 6. The van der Waals surface area contributed by atoms with Crippen molar-refractivity contribution in [3.05, 3.63) is 23.8 Å². The number of hydrogen-bond donors (Lipinski definition) is 2. The normalized spacial score (nSPS) is 11.3. The van der Waals surface area contributed by atoms with Crippen molar-refractivity contribution in [2.24, 2.45) is 0 Å². The fourth-order valence-corrected chi connectivity index (χ4v) is 1.83. The SMILES string of the molecule is COC(=O)c1ccc(NC(=O)OC(C)(C)C)c(NC(=O)OC(C)(C)C)c1. The number of amides is 2. The lowest BCUT2D eigenvalue weighted by atomic mass is 10.1. The number of methoxy groups -OCH3 is 1. The minimum Gasteiger partial charge on any atom is -0.465 e. The number of benzene rings is 1. The molecule has 0 unspecified atom stereocenters. The summed E-state index contributed by atoms with van der Waals surface area (Å²) in [4.78, 5) is 35.8. The monoisotopic (exact) mass is 366 g/mol. The van der Waals surface area contributed by atoms with Gasteiger partial charge in [-0.1, -0.05) is 0 Å². The zero-order chi connectivity index (χ0) is 20.1. The van der Waals surface area contributed by atoms with Crippen LogP contribution >= 0.6 is 0 Å². The summed E-state index contributed by atoms with van der Waals surface area (Å²) in [6, 6.07) is 4.30. The molecule has 0 spiro atoms. The maximum absolute atomic E-state index is 12.1. The lowest BCUT2D eigenvalue weighted by Gasteiger charge is -2.22. The average molecular weight is 366 g/mol. The summed E-state index contributed by atoms with van der Waals surface area (Å²) in [5.41, 5.74) is -0.767. The van der Waals surface area contributed by atoms with Crippen LogP contribution in [0.5, 0.6) is 0 Å². The number of esters is 1. The Bertz CT molecular complexity index is 686. The van der Waals surface area contributed by atoms with E-state index in [9.17, 15) is 14.4 Å². The first-order valence-electron chi connectivity index (χ1n) is 8.03. The van der Waals surface area contributed by atoms with Crippen molar-refractivity contribution in [3.8, 4) is 0 Å². The van der Waals surface area contributed by atoms with Crippen LogP contribution in [-0.4, -0.2) is 36.5 Å². The maximum Gasteiger partial charge on any atom is 0.412 e. The summed E-state index contributed by atoms with van der Waals surface area (Å²) in [7, 11) is 1.25. The predicted molar refractivity (Wildman–Crippen MR) is 97.5 cm³/mol. The predicted octanol–water partition coefficient (Wildman–Crippen LogP) is 4.17. The number of ether oxygens (including phenoxy) is 3. The Morgan fingerprint density at radius 1 is 0.808 bits per heavy atom. The number of carbonyl (C=O) groups excluding carboxylic acids is 3. The van der Waals surface area contributed by atoms with Gasteiger partial charge in [0, 0.05) is 0 Å². The Balaban J connectivity index is 3.10. The summed E-state index contributed by atoms with van der Waals surface area (Å²) >= 11 is 0. The van der Waals surface area contributed by atoms with E-state index in [1.165, 1.54) is 25.3 Å². The molecular weight excluding hydrogens is 340 g/mol. The van der Waals surface area contributed by atoms with Gasteiger partial charge in [0.25, 0.3) is 0 Å². The van der Waals surface area contributed by atoms with Gasteiger partial charge in [-0.3, -0.25) is 10.6 Å². The second-order valence-electron chi connectivity index (χ2n) is 7.51. The lowest BCUT2D eigenvalue weighted by molar-refractivity contribution is 0.0596. The molecule has 2 N–H and O–H groups in total. The summed E-state index contributed by atoms with van der Waals surface area (Å²) < 4.78 is 15.1. The molecule has 0 aromatic heterocycles. The summed E-state index contributed by atoms with van der Waals surface area (Å²) in [5.74, 6) is -0.582. The lowest BCUT2D eigenvalue weighted by Crippen LogP contribution is -2.29. The highest BCUT2D eigenvalue weighted by atomic mass is 16.6. The van der Waals surface area contributed by atoms with Gasteiger partial charge in [0.15, 0.2) is 0 Å². The van der Waals surface area contributed by atoms with Gasteiger partial charge in [0.05, 0.1) is 24.0 Å². The molecular formula is C18H26N2O6. The third-order valence-electron chi connectivity index (χ3n) is 2.71. The molecule has 0 aliphatic rings. The Morgan fingerprint density at radius 3 is 1.69 bits per heavy atom. The van der Waals surface area contributed by atoms with Gasteiger partial charge in [-0.05, 0) is 59.7 Å². The first-order valence-corrected chi connectivity index (χ1v) is 8.03. The van der Waals surface area contributed by atoms with Crippen LogP contribution in [0.15, 0.2) is 18.2 Å². The smallest absolute Gasteiger partial charge is 0.412 e. The van der Waals surface area contributed by atoms with Crippen LogP contribution in [0.1, 0.15) is 51.9 Å². The molecule has 26 heavy (non-hydrogen) atoms. The van der Waals surface area contributed by atoms with E-state index >= 15 is 0 Å². The first kappa shape index (κ1) is 21.3. The molecule has 1 rings (SSSR count). The van der Waals surface area contributed by atoms with Crippen molar-refractivity contribution < 1.29 is 28.6 Å². The average Bonchev–Trinajstić information content (AvgIpc) is 2.44. The summed E-state index contributed by atoms with van der Waals surface area (Å²) in [5, 5.41) is 5.05. The first-order chi connectivity index (χ1) is 11.8. The molecule has 1 aromatic rings. The van der Waals surface area contributed by atoms with Gasteiger partial charge in [0.2, 0.25) is 0 Å². The molecule has 0 atom stereocenters. The van der Waals surface area contributed by atoms with Gasteiger partial charge in [-0.25, -0.2) is 14.4 Å². The molecule has 0 heterocycles. The van der Waals surface area contributed by atoms with Crippen molar-refractivity contribution in [2.75, 3.05) is 17.7 Å². The molecule has 8 heteroatoms. The molecule has 0 bridgehead atoms. The Morgan fingerprint density at radius 2 is 1.27 bits per heavy atom. The topological polar surface area (TPSA) is 103 Å². The molecule has 0 radical (unpaired) electrons. The molecule has 1 aromatic carbocycles. The zero-order valence-electron chi connectivity index (χ0n) is 16.2. The third kappa shape index (κ3) is 7.42. The fourth-order valence-electron chi connectivity index (χ4n) is 1.83. The maximum atomic E-state index is 12.1. The fraction of sp³-hybridized carbons (Fsp3) is 0.500. The van der Waals surface area contributed by atoms with Crippen LogP contribution in [0.3, 0.4) is 0 Å². The van der Waals surface area contributed by atoms with E-state index in [1.807, 2.05) is 0 Å². The molecule has 0 saturated carbocycles. The second kappa shape index (κ2) is 8.07. The van der Waals surface area contributed by atoms with Crippen molar-refractivity contribution in [3.63, 3.8) is 0 Å². The van der Waals surface area contributed by atoms with Crippen LogP contribution in [-0.2, 0) is 14.2 Å². The zero-order valence-corrected chi connectivity index (χ0v) is 16.2.